The normalized spacial score (nSPS) is 10.6. The molecule has 5 nitrogen and oxygen atoms in total. The molecule has 0 spiro atoms. The number of hydrogen-bond donors (Lipinski definition) is 1. The lowest BCUT2D eigenvalue weighted by atomic mass is 10.1. The van der Waals surface area contributed by atoms with E-state index < -0.39 is 0 Å². The van der Waals surface area contributed by atoms with Gasteiger partial charge in [-0.2, -0.15) is 5.10 Å². The van der Waals surface area contributed by atoms with E-state index in [1.807, 2.05) is 18.2 Å². The van der Waals surface area contributed by atoms with Gasteiger partial charge >= 0.3 is 0 Å². The van der Waals surface area contributed by atoms with Crippen LogP contribution < -0.4 is 5.32 Å². The monoisotopic (exact) mass is 315 g/mol. The summed E-state index contributed by atoms with van der Waals surface area (Å²) < 4.78 is 6.72. The number of carbonyl (C=O) groups excluding carboxylic acids is 1. The van der Waals surface area contributed by atoms with Gasteiger partial charge in [0, 0.05) is 12.6 Å². The molecule has 0 aliphatic rings. The molecule has 1 amide bonds. The first-order valence-corrected chi connectivity index (χ1v) is 7.12. The van der Waals surface area contributed by atoms with E-state index in [2.05, 4.69) is 10.4 Å². The molecule has 1 aromatic carbocycles. The number of nitrogens with one attached hydrogen (secondary N) is 1. The molecule has 6 heteroatoms. The highest BCUT2D eigenvalue weighted by molar-refractivity contribution is 6.33. The van der Waals surface area contributed by atoms with Crippen LogP contribution in [0.3, 0.4) is 0 Å². The summed E-state index contributed by atoms with van der Waals surface area (Å²) in [5, 5.41) is 7.75. The molecule has 1 N–H and O–H groups in total. The Labute approximate surface area is 132 Å². The first kappa shape index (κ1) is 14.4. The second kappa shape index (κ2) is 6.07. The fourth-order valence-electron chi connectivity index (χ4n) is 2.15. The van der Waals surface area contributed by atoms with Crippen LogP contribution in [-0.4, -0.2) is 15.7 Å². The van der Waals surface area contributed by atoms with Gasteiger partial charge in [-0.1, -0.05) is 29.8 Å². The molecule has 0 aliphatic heterocycles. The maximum absolute atomic E-state index is 12.2. The third-order valence-corrected chi connectivity index (χ3v) is 3.60. The van der Waals surface area contributed by atoms with Crippen LogP contribution in [0.15, 0.2) is 53.1 Å². The summed E-state index contributed by atoms with van der Waals surface area (Å²) in [7, 11) is 1.72. The zero-order chi connectivity index (χ0) is 15.5. The third kappa shape index (κ3) is 2.89. The number of amides is 1. The first-order chi connectivity index (χ1) is 10.6. The van der Waals surface area contributed by atoms with Crippen molar-refractivity contribution >= 4 is 17.5 Å². The highest BCUT2D eigenvalue weighted by atomic mass is 35.5. The Kier molecular flexibility index (Phi) is 3.98. The molecule has 0 unspecified atom stereocenters. The summed E-state index contributed by atoms with van der Waals surface area (Å²) in [5.74, 6) is 0.478. The molecule has 0 aliphatic carbocycles. The molecular weight excluding hydrogens is 302 g/mol. The highest BCUT2D eigenvalue weighted by Gasteiger charge is 2.15. The Morgan fingerprint density at radius 1 is 1.32 bits per heavy atom. The molecule has 3 rings (SSSR count). The molecule has 0 saturated heterocycles. The minimum Gasteiger partial charge on any atom is -0.467 e. The second-order valence-electron chi connectivity index (χ2n) is 4.78. The number of aryl methyl sites for hydroxylation is 1. The molecule has 22 heavy (non-hydrogen) atoms. The van der Waals surface area contributed by atoms with E-state index in [-0.39, 0.29) is 5.91 Å². The van der Waals surface area contributed by atoms with E-state index in [1.54, 1.807) is 37.6 Å². The molecule has 0 bridgehead atoms. The maximum atomic E-state index is 12.2. The van der Waals surface area contributed by atoms with Crippen molar-refractivity contribution in [3.8, 4) is 11.3 Å². The van der Waals surface area contributed by atoms with Crippen LogP contribution in [0.5, 0.6) is 0 Å². The van der Waals surface area contributed by atoms with Crippen LogP contribution in [0.1, 0.15) is 16.2 Å². The number of benzene rings is 1. The first-order valence-electron chi connectivity index (χ1n) is 6.74. The van der Waals surface area contributed by atoms with Crippen molar-refractivity contribution in [3.63, 3.8) is 0 Å². The van der Waals surface area contributed by atoms with Crippen LogP contribution in [-0.2, 0) is 13.6 Å². The fourth-order valence-corrected chi connectivity index (χ4v) is 2.38. The number of furan rings is 1. The minimum atomic E-state index is -0.218. The predicted octanol–water partition coefficient (Wildman–Crippen LogP) is 3.26. The van der Waals surface area contributed by atoms with Gasteiger partial charge < -0.3 is 9.73 Å². The van der Waals surface area contributed by atoms with Gasteiger partial charge in [0.1, 0.15) is 11.5 Å². The Morgan fingerprint density at radius 3 is 2.86 bits per heavy atom. The van der Waals surface area contributed by atoms with E-state index in [0.29, 0.717) is 28.7 Å². The molecule has 0 fully saturated rings. The molecule has 3 aromatic rings. The fraction of sp³-hybridized carbons (Fsp3) is 0.125. The molecule has 0 saturated carbocycles. The summed E-state index contributed by atoms with van der Waals surface area (Å²) in [6, 6.07) is 12.7. The lowest BCUT2D eigenvalue weighted by Gasteiger charge is -2.02. The van der Waals surface area contributed by atoms with Crippen molar-refractivity contribution in [2.45, 2.75) is 6.54 Å². The van der Waals surface area contributed by atoms with Gasteiger partial charge in [-0.15, -0.1) is 0 Å². The Morgan fingerprint density at radius 2 is 2.14 bits per heavy atom. The Balaban J connectivity index is 1.80. The molecule has 2 aromatic heterocycles. The van der Waals surface area contributed by atoms with Crippen molar-refractivity contribution in [2.24, 2.45) is 7.05 Å². The number of rotatable bonds is 4. The molecule has 2 heterocycles. The van der Waals surface area contributed by atoms with Crippen LogP contribution in [0.25, 0.3) is 11.3 Å². The average Bonchev–Trinajstić information content (AvgIpc) is 3.15. The number of aromatic nitrogens is 2. The smallest absolute Gasteiger partial charge is 0.269 e. The topological polar surface area (TPSA) is 60.1 Å². The van der Waals surface area contributed by atoms with Crippen molar-refractivity contribution in [2.75, 3.05) is 0 Å². The van der Waals surface area contributed by atoms with Crippen molar-refractivity contribution < 1.29 is 9.21 Å². The number of halogens is 1. The van der Waals surface area contributed by atoms with Gasteiger partial charge in [0.05, 0.1) is 23.5 Å². The van der Waals surface area contributed by atoms with Crippen molar-refractivity contribution in [1.82, 2.24) is 15.1 Å². The van der Waals surface area contributed by atoms with E-state index in [4.69, 9.17) is 16.0 Å². The second-order valence-corrected chi connectivity index (χ2v) is 5.19. The van der Waals surface area contributed by atoms with Crippen LogP contribution in [0.4, 0.5) is 0 Å². The third-order valence-electron chi connectivity index (χ3n) is 3.27. The quantitative estimate of drug-likeness (QED) is 0.804. The number of hydrogen-bond acceptors (Lipinski definition) is 3. The zero-order valence-corrected chi connectivity index (χ0v) is 12.7. The maximum Gasteiger partial charge on any atom is 0.269 e. The summed E-state index contributed by atoms with van der Waals surface area (Å²) in [6.45, 7) is 0.332. The van der Waals surface area contributed by atoms with E-state index in [1.165, 1.54) is 4.68 Å². The standard InChI is InChI=1S/C16H14ClN3O2/c1-20-15(16(21)18-10-11-5-4-8-22-11)9-14(19-20)12-6-2-3-7-13(12)17/h2-9H,10H2,1H3,(H,18,21). The average molecular weight is 316 g/mol. The lowest BCUT2D eigenvalue weighted by molar-refractivity contribution is 0.0938. The number of nitrogens with zero attached hydrogens (tertiary/aromatic N) is 2. The Bertz CT molecular complexity index is 794. The summed E-state index contributed by atoms with van der Waals surface area (Å²) in [6.07, 6.45) is 1.57. The zero-order valence-electron chi connectivity index (χ0n) is 11.9. The number of carbonyl (C=O) groups is 1. The van der Waals surface area contributed by atoms with Gasteiger partial charge in [0.15, 0.2) is 0 Å². The van der Waals surface area contributed by atoms with E-state index in [9.17, 15) is 4.79 Å². The molecular formula is C16H14ClN3O2. The SMILES string of the molecule is Cn1nc(-c2ccccc2Cl)cc1C(=O)NCc1ccco1. The van der Waals surface area contributed by atoms with E-state index in [0.717, 1.165) is 5.56 Å². The summed E-state index contributed by atoms with van der Waals surface area (Å²) >= 11 is 6.17. The summed E-state index contributed by atoms with van der Waals surface area (Å²) in [5.41, 5.74) is 1.92. The lowest BCUT2D eigenvalue weighted by Crippen LogP contribution is -2.24. The summed E-state index contributed by atoms with van der Waals surface area (Å²) in [4.78, 5) is 12.2. The Hall–Kier alpha value is -2.53. The van der Waals surface area contributed by atoms with Crippen molar-refractivity contribution in [1.29, 1.82) is 0 Å². The van der Waals surface area contributed by atoms with Crippen LogP contribution in [0.2, 0.25) is 5.02 Å². The predicted molar refractivity (Wildman–Crippen MR) is 83.5 cm³/mol. The van der Waals surface area contributed by atoms with Gasteiger partial charge in [0.2, 0.25) is 0 Å². The highest BCUT2D eigenvalue weighted by Crippen LogP contribution is 2.26. The largest absolute Gasteiger partial charge is 0.467 e. The molecule has 112 valence electrons. The van der Waals surface area contributed by atoms with Gasteiger partial charge in [-0.25, -0.2) is 0 Å². The van der Waals surface area contributed by atoms with Gasteiger partial charge in [0.25, 0.3) is 5.91 Å². The van der Waals surface area contributed by atoms with Crippen LogP contribution in [0, 0.1) is 0 Å². The molecule has 0 atom stereocenters. The van der Waals surface area contributed by atoms with Gasteiger partial charge in [-0.3, -0.25) is 9.48 Å². The minimum absolute atomic E-state index is 0.218. The van der Waals surface area contributed by atoms with Crippen molar-refractivity contribution in [3.05, 3.63) is 65.2 Å². The van der Waals surface area contributed by atoms with E-state index >= 15 is 0 Å². The van der Waals surface area contributed by atoms with Gasteiger partial charge in [-0.05, 0) is 24.3 Å². The molecule has 0 radical (unpaired) electrons. The van der Waals surface area contributed by atoms with Crippen LogP contribution >= 0.6 is 11.6 Å².